The molecule has 0 unspecified atom stereocenters. The lowest BCUT2D eigenvalue weighted by Crippen LogP contribution is -2.43. The number of carbonyl (C=O) groups is 1. The molecule has 2 fully saturated rings. The number of pyridine rings is 1. The van der Waals surface area contributed by atoms with Crippen LogP contribution in [0.25, 0.3) is 10.9 Å². The molecule has 1 aliphatic carbocycles. The maximum Gasteiger partial charge on any atom is 0.225 e. The number of hydrogen-bond donors (Lipinski definition) is 0. The number of fused-ring (bicyclic) bond motifs is 1. The van der Waals surface area contributed by atoms with Gasteiger partial charge in [-0.2, -0.15) is 0 Å². The molecule has 0 radical (unpaired) electrons. The zero-order chi connectivity index (χ0) is 21.6. The Morgan fingerprint density at radius 1 is 1.13 bits per heavy atom. The van der Waals surface area contributed by atoms with Gasteiger partial charge in [0.2, 0.25) is 5.91 Å². The lowest BCUT2D eigenvalue weighted by molar-refractivity contribution is -0.138. The average Bonchev–Trinajstić information content (AvgIpc) is 3.34. The van der Waals surface area contributed by atoms with E-state index in [-0.39, 0.29) is 12.0 Å². The summed E-state index contributed by atoms with van der Waals surface area (Å²) in [7, 11) is 0. The Morgan fingerprint density at radius 3 is 2.61 bits per heavy atom. The Morgan fingerprint density at radius 2 is 1.87 bits per heavy atom. The predicted octanol–water partition coefficient (Wildman–Crippen LogP) is 5.42. The van der Waals surface area contributed by atoms with E-state index in [0.29, 0.717) is 12.5 Å². The molecule has 2 aromatic rings. The topological polar surface area (TPSA) is 51.7 Å². The van der Waals surface area contributed by atoms with Gasteiger partial charge in [0.25, 0.3) is 0 Å². The van der Waals surface area contributed by atoms with Crippen LogP contribution < -0.4 is 4.74 Å². The van der Waals surface area contributed by atoms with Crippen LogP contribution in [0.15, 0.2) is 24.3 Å². The molecule has 1 amide bonds. The first-order valence-corrected chi connectivity index (χ1v) is 12.1. The predicted molar refractivity (Wildman–Crippen MR) is 123 cm³/mol. The Balaban J connectivity index is 1.37. The zero-order valence-electron chi connectivity index (χ0n) is 19.1. The van der Waals surface area contributed by atoms with Gasteiger partial charge in [0, 0.05) is 30.0 Å². The van der Waals surface area contributed by atoms with E-state index >= 15 is 0 Å². The smallest absolute Gasteiger partial charge is 0.225 e. The molecule has 0 spiro atoms. The van der Waals surface area contributed by atoms with Gasteiger partial charge in [0.1, 0.15) is 5.75 Å². The first-order chi connectivity index (χ1) is 15.2. The molecular weight excluding hydrogens is 388 g/mol. The molecule has 1 aliphatic heterocycles. The molecule has 0 bridgehead atoms. The summed E-state index contributed by atoms with van der Waals surface area (Å²) in [5.74, 6) is 1.58. The van der Waals surface area contributed by atoms with E-state index in [0.717, 1.165) is 86.1 Å². The fourth-order valence-electron chi connectivity index (χ4n) is 4.84. The summed E-state index contributed by atoms with van der Waals surface area (Å²) in [6, 6.07) is 8.17. The normalized spacial score (nSPS) is 18.1. The molecule has 168 valence electrons. The van der Waals surface area contributed by atoms with E-state index in [1.807, 2.05) is 18.2 Å². The standard InChI is InChI=1S/C26H36N2O3/c1-3-4-17-30-25-19(2)24(27-23-12-8-7-11-22(23)25)18-31-21-13-15-28(16-14-21)26(29)20-9-5-6-10-20/h7-8,11-12,20-21H,3-6,9-10,13-18H2,1-2H3. The van der Waals surface area contributed by atoms with E-state index in [2.05, 4.69) is 24.8 Å². The van der Waals surface area contributed by atoms with Crippen molar-refractivity contribution in [1.29, 1.82) is 0 Å². The fraction of sp³-hybridized carbons (Fsp3) is 0.615. The molecule has 0 N–H and O–H groups in total. The van der Waals surface area contributed by atoms with Crippen LogP contribution in [0.1, 0.15) is 69.5 Å². The maximum absolute atomic E-state index is 12.7. The van der Waals surface area contributed by atoms with Gasteiger partial charge < -0.3 is 14.4 Å². The number of piperidine rings is 1. The molecule has 2 heterocycles. The largest absolute Gasteiger partial charge is 0.493 e. The van der Waals surface area contributed by atoms with Gasteiger partial charge in [0.15, 0.2) is 0 Å². The fourth-order valence-corrected chi connectivity index (χ4v) is 4.84. The first kappa shape index (κ1) is 22.1. The molecule has 5 heteroatoms. The molecule has 2 aliphatic rings. The SMILES string of the molecule is CCCCOc1c(C)c(COC2CCN(C(=O)C3CCCC3)CC2)nc2ccccc12. The lowest BCUT2D eigenvalue weighted by Gasteiger charge is -2.33. The second-order valence-electron chi connectivity index (χ2n) is 9.05. The number of unbranched alkanes of at least 4 members (excludes halogenated alkanes) is 1. The van der Waals surface area contributed by atoms with Crippen molar-refractivity contribution in [3.8, 4) is 5.75 Å². The second kappa shape index (κ2) is 10.4. The number of nitrogens with zero attached hydrogens (tertiary/aromatic N) is 2. The van der Waals surface area contributed by atoms with E-state index in [1.54, 1.807) is 0 Å². The maximum atomic E-state index is 12.7. The van der Waals surface area contributed by atoms with Crippen LogP contribution in [0.3, 0.4) is 0 Å². The van der Waals surface area contributed by atoms with Crippen LogP contribution in [0, 0.1) is 12.8 Å². The van der Waals surface area contributed by atoms with Crippen LogP contribution in [-0.2, 0) is 16.1 Å². The highest BCUT2D eigenvalue weighted by molar-refractivity contribution is 5.86. The number of ether oxygens (including phenoxy) is 2. The Labute approximate surface area is 186 Å². The van der Waals surface area contributed by atoms with Crippen LogP contribution >= 0.6 is 0 Å². The second-order valence-corrected chi connectivity index (χ2v) is 9.05. The van der Waals surface area contributed by atoms with Gasteiger partial charge in [-0.05, 0) is 51.2 Å². The summed E-state index contributed by atoms with van der Waals surface area (Å²) in [6.07, 6.45) is 8.71. The summed E-state index contributed by atoms with van der Waals surface area (Å²) in [5, 5.41) is 1.07. The molecule has 4 rings (SSSR count). The molecule has 0 atom stereocenters. The van der Waals surface area contributed by atoms with Crippen LogP contribution in [0.4, 0.5) is 0 Å². The minimum absolute atomic E-state index is 0.185. The number of hydrogen-bond acceptors (Lipinski definition) is 4. The Hall–Kier alpha value is -2.14. The third-order valence-electron chi connectivity index (χ3n) is 6.84. The van der Waals surface area contributed by atoms with Gasteiger partial charge in [-0.1, -0.05) is 38.3 Å². The molecular formula is C26H36N2O3. The highest BCUT2D eigenvalue weighted by atomic mass is 16.5. The summed E-state index contributed by atoms with van der Waals surface area (Å²) in [6.45, 7) is 7.10. The molecule has 31 heavy (non-hydrogen) atoms. The number of rotatable bonds is 8. The van der Waals surface area contributed by atoms with E-state index in [9.17, 15) is 4.79 Å². The number of likely N-dealkylation sites (tertiary alicyclic amines) is 1. The van der Waals surface area contributed by atoms with Crippen LogP contribution in [0.2, 0.25) is 0 Å². The molecule has 1 aromatic carbocycles. The van der Waals surface area contributed by atoms with Crippen molar-refractivity contribution in [3.63, 3.8) is 0 Å². The quantitative estimate of drug-likeness (QED) is 0.531. The van der Waals surface area contributed by atoms with Crippen molar-refractivity contribution >= 4 is 16.8 Å². The lowest BCUT2D eigenvalue weighted by atomic mass is 10.0. The number of carbonyl (C=O) groups excluding carboxylic acids is 1. The van der Waals surface area contributed by atoms with Crippen molar-refractivity contribution in [2.24, 2.45) is 5.92 Å². The summed E-state index contributed by atoms with van der Waals surface area (Å²) in [5.41, 5.74) is 2.98. The van der Waals surface area contributed by atoms with Crippen molar-refractivity contribution in [2.75, 3.05) is 19.7 Å². The third-order valence-corrected chi connectivity index (χ3v) is 6.84. The van der Waals surface area contributed by atoms with Gasteiger partial charge in [-0.3, -0.25) is 4.79 Å². The minimum atomic E-state index is 0.185. The average molecular weight is 425 g/mol. The van der Waals surface area contributed by atoms with Gasteiger partial charge in [0.05, 0.1) is 30.5 Å². The Kier molecular flexibility index (Phi) is 7.44. The first-order valence-electron chi connectivity index (χ1n) is 12.1. The summed E-state index contributed by atoms with van der Waals surface area (Å²) in [4.78, 5) is 19.6. The summed E-state index contributed by atoms with van der Waals surface area (Å²) < 4.78 is 12.4. The van der Waals surface area contributed by atoms with E-state index in [4.69, 9.17) is 14.5 Å². The monoisotopic (exact) mass is 424 g/mol. The minimum Gasteiger partial charge on any atom is -0.493 e. The number of benzene rings is 1. The number of amides is 1. The molecule has 5 nitrogen and oxygen atoms in total. The van der Waals surface area contributed by atoms with Gasteiger partial charge >= 0.3 is 0 Å². The third kappa shape index (κ3) is 5.20. The van der Waals surface area contributed by atoms with E-state index in [1.165, 1.54) is 12.8 Å². The highest BCUT2D eigenvalue weighted by Crippen LogP contribution is 2.32. The number of aromatic nitrogens is 1. The zero-order valence-corrected chi connectivity index (χ0v) is 19.1. The number of para-hydroxylation sites is 1. The van der Waals surface area contributed by atoms with Crippen LogP contribution in [0.5, 0.6) is 5.75 Å². The summed E-state index contributed by atoms with van der Waals surface area (Å²) >= 11 is 0. The van der Waals surface area contributed by atoms with Crippen molar-refractivity contribution in [1.82, 2.24) is 9.88 Å². The van der Waals surface area contributed by atoms with Gasteiger partial charge in [-0.15, -0.1) is 0 Å². The highest BCUT2D eigenvalue weighted by Gasteiger charge is 2.30. The van der Waals surface area contributed by atoms with Crippen LogP contribution in [-0.4, -0.2) is 41.6 Å². The molecule has 1 aromatic heterocycles. The Bertz CT molecular complexity index is 884. The molecule has 1 saturated heterocycles. The molecule has 1 saturated carbocycles. The van der Waals surface area contributed by atoms with Crippen molar-refractivity contribution < 1.29 is 14.3 Å². The van der Waals surface area contributed by atoms with E-state index < -0.39 is 0 Å². The van der Waals surface area contributed by atoms with Crippen molar-refractivity contribution in [2.45, 2.75) is 77.9 Å². The van der Waals surface area contributed by atoms with Gasteiger partial charge in [-0.25, -0.2) is 4.98 Å². The van der Waals surface area contributed by atoms with Crippen molar-refractivity contribution in [3.05, 3.63) is 35.5 Å².